The first-order chi connectivity index (χ1) is 6.07. The van der Waals surface area contributed by atoms with E-state index in [-0.39, 0.29) is 6.42 Å². The van der Waals surface area contributed by atoms with Gasteiger partial charge in [-0.25, -0.2) is 0 Å². The van der Waals surface area contributed by atoms with Gasteiger partial charge in [-0.3, -0.25) is 4.79 Å². The number of unbranched alkanes of at least 4 members (excludes halogenated alkanes) is 2. The van der Waals surface area contributed by atoms with Crippen LogP contribution in [0.15, 0.2) is 0 Å². The molecule has 0 aliphatic rings. The number of hydrogen-bond donors (Lipinski definition) is 0. The highest BCUT2D eigenvalue weighted by molar-refractivity contribution is 5.76. The number of aliphatic carboxylic acids is 1. The zero-order valence-electron chi connectivity index (χ0n) is 8.04. The van der Waals surface area contributed by atoms with E-state index in [1.807, 2.05) is 6.92 Å². The van der Waals surface area contributed by atoms with Crippen molar-refractivity contribution in [1.82, 2.24) is 0 Å². The first-order valence-electron chi connectivity index (χ1n) is 4.48. The molecule has 13 heavy (non-hydrogen) atoms. The van der Waals surface area contributed by atoms with Crippen molar-refractivity contribution in [2.45, 2.75) is 45.6 Å². The summed E-state index contributed by atoms with van der Waals surface area (Å²) in [6, 6.07) is 0. The number of carboxylic acid groups (broad SMARTS) is 1. The number of ether oxygens (including phenoxy) is 1. The standard InChI is InChI=1S/C9H16O4/c1-3-4-5-6-8(10)13-7(2)9(11)12/h7H,3-6H2,1-2H3,(H,11,12)/p-1. The minimum absolute atomic E-state index is 0.283. The van der Waals surface area contributed by atoms with Gasteiger partial charge in [0.2, 0.25) is 0 Å². The lowest BCUT2D eigenvalue weighted by Gasteiger charge is -2.13. The molecule has 0 heterocycles. The van der Waals surface area contributed by atoms with Crippen LogP contribution in [0.2, 0.25) is 0 Å². The normalized spacial score (nSPS) is 12.2. The van der Waals surface area contributed by atoms with Crippen molar-refractivity contribution in [2.24, 2.45) is 0 Å². The number of carbonyl (C=O) groups is 2. The molecule has 0 spiro atoms. The second-order valence-corrected chi connectivity index (χ2v) is 2.91. The lowest BCUT2D eigenvalue weighted by atomic mass is 10.2. The Morgan fingerprint density at radius 3 is 2.46 bits per heavy atom. The molecule has 0 saturated carbocycles. The molecule has 0 bridgehead atoms. The number of rotatable bonds is 6. The summed E-state index contributed by atoms with van der Waals surface area (Å²) in [6.45, 7) is 3.31. The van der Waals surface area contributed by atoms with Crippen molar-refractivity contribution >= 4 is 11.9 Å². The fourth-order valence-electron chi connectivity index (χ4n) is 0.824. The van der Waals surface area contributed by atoms with E-state index in [9.17, 15) is 14.7 Å². The maximum absolute atomic E-state index is 10.9. The van der Waals surface area contributed by atoms with Crippen molar-refractivity contribution in [3.05, 3.63) is 0 Å². The van der Waals surface area contributed by atoms with Gasteiger partial charge in [-0.1, -0.05) is 19.8 Å². The van der Waals surface area contributed by atoms with E-state index in [1.165, 1.54) is 6.92 Å². The zero-order chi connectivity index (χ0) is 10.3. The fraction of sp³-hybridized carbons (Fsp3) is 0.778. The predicted molar refractivity (Wildman–Crippen MR) is 44.7 cm³/mol. The number of hydrogen-bond acceptors (Lipinski definition) is 4. The van der Waals surface area contributed by atoms with Crippen LogP contribution >= 0.6 is 0 Å². The Labute approximate surface area is 77.9 Å². The third-order valence-corrected chi connectivity index (χ3v) is 1.62. The van der Waals surface area contributed by atoms with E-state index >= 15 is 0 Å². The van der Waals surface area contributed by atoms with Crippen LogP contribution in [0.3, 0.4) is 0 Å². The molecular formula is C9H15O4-. The third kappa shape index (κ3) is 6.13. The van der Waals surface area contributed by atoms with Gasteiger partial charge in [0.05, 0.1) is 5.97 Å². The molecule has 1 unspecified atom stereocenters. The Morgan fingerprint density at radius 1 is 1.38 bits per heavy atom. The summed E-state index contributed by atoms with van der Waals surface area (Å²) < 4.78 is 4.56. The van der Waals surface area contributed by atoms with Gasteiger partial charge in [-0.15, -0.1) is 0 Å². The van der Waals surface area contributed by atoms with Crippen LogP contribution < -0.4 is 5.11 Å². The Morgan fingerprint density at radius 2 is 2.00 bits per heavy atom. The Balaban J connectivity index is 3.56. The van der Waals surface area contributed by atoms with Gasteiger partial charge in [0.15, 0.2) is 0 Å². The number of carbonyl (C=O) groups excluding carboxylic acids is 2. The lowest BCUT2D eigenvalue weighted by Crippen LogP contribution is -2.36. The molecule has 0 aromatic heterocycles. The van der Waals surface area contributed by atoms with Crippen LogP contribution in [-0.4, -0.2) is 18.0 Å². The molecule has 4 nitrogen and oxygen atoms in total. The SMILES string of the molecule is CCCCCC(=O)OC(C)C(=O)[O-]. The molecule has 0 amide bonds. The average molecular weight is 187 g/mol. The Kier molecular flexibility index (Phi) is 5.93. The lowest BCUT2D eigenvalue weighted by molar-refractivity contribution is -0.314. The van der Waals surface area contributed by atoms with E-state index in [0.29, 0.717) is 0 Å². The Bertz CT molecular complexity index is 176. The van der Waals surface area contributed by atoms with Gasteiger partial charge in [0.25, 0.3) is 0 Å². The van der Waals surface area contributed by atoms with E-state index < -0.39 is 18.0 Å². The van der Waals surface area contributed by atoms with Crippen molar-refractivity contribution in [3.8, 4) is 0 Å². The molecule has 4 heteroatoms. The van der Waals surface area contributed by atoms with Crippen LogP contribution in [0.1, 0.15) is 39.5 Å². The van der Waals surface area contributed by atoms with Crippen LogP contribution in [0, 0.1) is 0 Å². The number of carboxylic acids is 1. The molecule has 0 rings (SSSR count). The maximum atomic E-state index is 10.9. The largest absolute Gasteiger partial charge is 0.546 e. The van der Waals surface area contributed by atoms with Gasteiger partial charge >= 0.3 is 5.97 Å². The van der Waals surface area contributed by atoms with Crippen LogP contribution in [0.25, 0.3) is 0 Å². The van der Waals surface area contributed by atoms with Crippen molar-refractivity contribution in [1.29, 1.82) is 0 Å². The molecule has 0 fully saturated rings. The number of esters is 1. The van der Waals surface area contributed by atoms with Crippen molar-refractivity contribution < 1.29 is 19.4 Å². The van der Waals surface area contributed by atoms with Gasteiger partial charge in [0, 0.05) is 6.42 Å². The van der Waals surface area contributed by atoms with Gasteiger partial charge < -0.3 is 14.6 Å². The minimum atomic E-state index is -1.36. The summed E-state index contributed by atoms with van der Waals surface area (Å²) in [7, 11) is 0. The highest BCUT2D eigenvalue weighted by Gasteiger charge is 2.08. The first kappa shape index (κ1) is 11.9. The summed E-state index contributed by atoms with van der Waals surface area (Å²) >= 11 is 0. The molecule has 0 aliphatic carbocycles. The molecule has 0 radical (unpaired) electrons. The van der Waals surface area contributed by atoms with Gasteiger partial charge in [0.1, 0.15) is 6.10 Å². The Hall–Kier alpha value is -1.06. The predicted octanol–water partition coefficient (Wildman–Crippen LogP) is 0.248. The third-order valence-electron chi connectivity index (χ3n) is 1.62. The molecule has 0 saturated heterocycles. The summed E-state index contributed by atoms with van der Waals surface area (Å²) in [6.07, 6.45) is 1.85. The fourth-order valence-corrected chi connectivity index (χ4v) is 0.824. The van der Waals surface area contributed by atoms with E-state index in [0.717, 1.165) is 19.3 Å². The molecule has 0 aromatic rings. The summed E-state index contributed by atoms with van der Waals surface area (Å²) in [4.78, 5) is 21.1. The molecule has 1 atom stereocenters. The quantitative estimate of drug-likeness (QED) is 0.441. The van der Waals surface area contributed by atoms with Gasteiger partial charge in [-0.05, 0) is 13.3 Å². The van der Waals surface area contributed by atoms with Crippen molar-refractivity contribution in [2.75, 3.05) is 0 Å². The van der Waals surface area contributed by atoms with Crippen LogP contribution in [-0.2, 0) is 14.3 Å². The molecule has 0 aliphatic heterocycles. The average Bonchev–Trinajstić information content (AvgIpc) is 2.04. The summed E-state index contributed by atoms with van der Waals surface area (Å²) in [5.74, 6) is -1.83. The highest BCUT2D eigenvalue weighted by atomic mass is 16.6. The monoisotopic (exact) mass is 187 g/mol. The smallest absolute Gasteiger partial charge is 0.306 e. The first-order valence-corrected chi connectivity index (χ1v) is 4.48. The van der Waals surface area contributed by atoms with Crippen molar-refractivity contribution in [3.63, 3.8) is 0 Å². The molecular weight excluding hydrogens is 172 g/mol. The molecule has 76 valence electrons. The zero-order valence-corrected chi connectivity index (χ0v) is 8.04. The van der Waals surface area contributed by atoms with E-state index in [2.05, 4.69) is 4.74 Å². The van der Waals surface area contributed by atoms with Crippen LogP contribution in [0.5, 0.6) is 0 Å². The summed E-state index contributed by atoms with van der Waals surface area (Å²) in [5, 5.41) is 10.2. The molecule has 0 N–H and O–H groups in total. The molecule has 0 aromatic carbocycles. The minimum Gasteiger partial charge on any atom is -0.546 e. The van der Waals surface area contributed by atoms with Gasteiger partial charge in [-0.2, -0.15) is 0 Å². The highest BCUT2D eigenvalue weighted by Crippen LogP contribution is 2.02. The van der Waals surface area contributed by atoms with E-state index in [4.69, 9.17) is 0 Å². The second-order valence-electron chi connectivity index (χ2n) is 2.91. The topological polar surface area (TPSA) is 66.4 Å². The summed E-state index contributed by atoms with van der Waals surface area (Å²) in [5.41, 5.74) is 0. The maximum Gasteiger partial charge on any atom is 0.306 e. The second kappa shape index (κ2) is 6.46. The van der Waals surface area contributed by atoms with E-state index in [1.54, 1.807) is 0 Å². The van der Waals surface area contributed by atoms with Crippen LogP contribution in [0.4, 0.5) is 0 Å².